The maximum atomic E-state index is 13.7. The average Bonchev–Trinajstić information content (AvgIpc) is 3.08. The molecule has 2 heterocycles. The fourth-order valence-corrected chi connectivity index (χ4v) is 3.49. The number of nitrogens with zero attached hydrogens (tertiary/aromatic N) is 2. The van der Waals surface area contributed by atoms with Crippen LogP contribution in [0.3, 0.4) is 0 Å². The standard InChI is InChI=1S/C22H28FN3O4/c1-2-18-20-19(10-5-13-29-14-6-11-24-21(20)27)26(25-18)12-7-15-30-22(28)16-8-3-4-9-17(16)23/h3-4,8-9H,2,5-7,10-15H2,1H3,(H,24,27). The normalized spacial score (nSPS) is 15.1. The number of aromatic nitrogens is 2. The number of amides is 1. The second kappa shape index (κ2) is 10.9. The van der Waals surface area contributed by atoms with E-state index in [2.05, 4.69) is 10.4 Å². The monoisotopic (exact) mass is 417 g/mol. The van der Waals surface area contributed by atoms with Gasteiger partial charge in [0.1, 0.15) is 5.82 Å². The maximum Gasteiger partial charge on any atom is 0.341 e. The van der Waals surface area contributed by atoms with Crippen molar-refractivity contribution in [1.29, 1.82) is 0 Å². The van der Waals surface area contributed by atoms with Crippen molar-refractivity contribution in [1.82, 2.24) is 15.1 Å². The highest BCUT2D eigenvalue weighted by molar-refractivity contribution is 5.96. The molecule has 1 aliphatic rings. The molecular weight excluding hydrogens is 389 g/mol. The van der Waals surface area contributed by atoms with Crippen LogP contribution in [0.5, 0.6) is 0 Å². The summed E-state index contributed by atoms with van der Waals surface area (Å²) in [5, 5.41) is 7.59. The zero-order valence-electron chi connectivity index (χ0n) is 17.3. The number of carbonyl (C=O) groups excluding carboxylic acids is 2. The van der Waals surface area contributed by atoms with Gasteiger partial charge in [-0.05, 0) is 37.8 Å². The van der Waals surface area contributed by atoms with E-state index in [1.807, 2.05) is 11.6 Å². The number of aryl methyl sites for hydroxylation is 2. The smallest absolute Gasteiger partial charge is 0.341 e. The van der Waals surface area contributed by atoms with Crippen molar-refractivity contribution < 1.29 is 23.5 Å². The number of carbonyl (C=O) groups is 2. The van der Waals surface area contributed by atoms with Gasteiger partial charge in [-0.3, -0.25) is 9.48 Å². The Morgan fingerprint density at radius 2 is 2.10 bits per heavy atom. The summed E-state index contributed by atoms with van der Waals surface area (Å²) in [6.45, 7) is 4.46. The van der Waals surface area contributed by atoms with E-state index >= 15 is 0 Å². The number of esters is 1. The molecule has 3 rings (SSSR count). The van der Waals surface area contributed by atoms with Crippen LogP contribution in [0, 0.1) is 5.82 Å². The fraction of sp³-hybridized carbons (Fsp3) is 0.500. The van der Waals surface area contributed by atoms with Crippen LogP contribution in [0.25, 0.3) is 0 Å². The summed E-state index contributed by atoms with van der Waals surface area (Å²) in [4.78, 5) is 24.8. The summed E-state index contributed by atoms with van der Waals surface area (Å²) in [7, 11) is 0. The van der Waals surface area contributed by atoms with Crippen LogP contribution in [0.1, 0.15) is 58.3 Å². The molecule has 30 heavy (non-hydrogen) atoms. The van der Waals surface area contributed by atoms with E-state index in [0.29, 0.717) is 51.1 Å². The first kappa shape index (κ1) is 22.0. The minimum Gasteiger partial charge on any atom is -0.462 e. The SMILES string of the molecule is CCc1nn(CCCOC(=O)c2ccccc2F)c2c1C(=O)NCCCOCCC2. The third-order valence-corrected chi connectivity index (χ3v) is 4.99. The van der Waals surface area contributed by atoms with Gasteiger partial charge in [0.2, 0.25) is 0 Å². The number of halogens is 1. The number of hydrogen-bond acceptors (Lipinski definition) is 5. The summed E-state index contributed by atoms with van der Waals surface area (Å²) >= 11 is 0. The maximum absolute atomic E-state index is 13.7. The molecule has 0 bridgehead atoms. The van der Waals surface area contributed by atoms with Crippen molar-refractivity contribution >= 4 is 11.9 Å². The molecule has 0 aliphatic carbocycles. The lowest BCUT2D eigenvalue weighted by atomic mass is 10.1. The van der Waals surface area contributed by atoms with Gasteiger partial charge in [0, 0.05) is 32.7 Å². The van der Waals surface area contributed by atoms with Crippen molar-refractivity contribution in [2.45, 2.75) is 45.6 Å². The number of nitrogens with one attached hydrogen (secondary N) is 1. The van der Waals surface area contributed by atoms with Crippen molar-refractivity contribution in [2.75, 3.05) is 26.4 Å². The van der Waals surface area contributed by atoms with E-state index < -0.39 is 11.8 Å². The van der Waals surface area contributed by atoms with Gasteiger partial charge < -0.3 is 14.8 Å². The zero-order chi connectivity index (χ0) is 21.3. The van der Waals surface area contributed by atoms with Crippen molar-refractivity contribution in [3.63, 3.8) is 0 Å². The van der Waals surface area contributed by atoms with E-state index in [4.69, 9.17) is 9.47 Å². The van der Waals surface area contributed by atoms with Gasteiger partial charge in [-0.1, -0.05) is 19.1 Å². The minimum atomic E-state index is -0.682. The Hall–Kier alpha value is -2.74. The quantitative estimate of drug-likeness (QED) is 0.577. The Kier molecular flexibility index (Phi) is 7.96. The molecule has 162 valence electrons. The first-order chi connectivity index (χ1) is 14.6. The number of hydrogen-bond donors (Lipinski definition) is 1. The first-order valence-electron chi connectivity index (χ1n) is 10.5. The van der Waals surface area contributed by atoms with Crippen LogP contribution >= 0.6 is 0 Å². The minimum absolute atomic E-state index is 0.0740. The van der Waals surface area contributed by atoms with Crippen molar-refractivity contribution in [3.05, 3.63) is 52.6 Å². The predicted molar refractivity (Wildman–Crippen MR) is 109 cm³/mol. The number of fused-ring (bicyclic) bond motifs is 1. The van der Waals surface area contributed by atoms with Crippen LogP contribution < -0.4 is 5.32 Å². The lowest BCUT2D eigenvalue weighted by molar-refractivity contribution is 0.0489. The molecule has 0 fully saturated rings. The summed E-state index contributed by atoms with van der Waals surface area (Å²) in [6.07, 6.45) is 3.43. The number of benzene rings is 1. The summed E-state index contributed by atoms with van der Waals surface area (Å²) < 4.78 is 26.3. The zero-order valence-corrected chi connectivity index (χ0v) is 17.3. The van der Waals surface area contributed by atoms with Gasteiger partial charge in [0.15, 0.2) is 0 Å². The second-order valence-electron chi connectivity index (χ2n) is 7.14. The Bertz CT molecular complexity index is 881. The van der Waals surface area contributed by atoms with E-state index in [1.54, 1.807) is 6.07 Å². The number of ether oxygens (including phenoxy) is 2. The Morgan fingerprint density at radius 3 is 2.90 bits per heavy atom. The second-order valence-corrected chi connectivity index (χ2v) is 7.14. The molecule has 2 aromatic rings. The molecule has 0 spiro atoms. The fourth-order valence-electron chi connectivity index (χ4n) is 3.49. The molecule has 1 amide bonds. The number of rotatable bonds is 6. The van der Waals surface area contributed by atoms with Gasteiger partial charge in [0.25, 0.3) is 5.91 Å². The highest BCUT2D eigenvalue weighted by atomic mass is 19.1. The molecule has 7 nitrogen and oxygen atoms in total. The van der Waals surface area contributed by atoms with Gasteiger partial charge in [-0.15, -0.1) is 0 Å². The van der Waals surface area contributed by atoms with Crippen LogP contribution in [-0.2, 0) is 28.9 Å². The molecule has 0 radical (unpaired) electrons. The summed E-state index contributed by atoms with van der Waals surface area (Å²) in [5.74, 6) is -1.38. The lowest BCUT2D eigenvalue weighted by Crippen LogP contribution is -2.26. The molecule has 1 aromatic carbocycles. The molecule has 0 saturated heterocycles. The van der Waals surface area contributed by atoms with E-state index in [-0.39, 0.29) is 18.1 Å². The molecule has 1 aromatic heterocycles. The predicted octanol–water partition coefficient (Wildman–Crippen LogP) is 2.91. The van der Waals surface area contributed by atoms with Crippen LogP contribution in [0.15, 0.2) is 24.3 Å². The van der Waals surface area contributed by atoms with E-state index in [9.17, 15) is 14.0 Å². The van der Waals surface area contributed by atoms with Crippen molar-refractivity contribution in [3.8, 4) is 0 Å². The highest BCUT2D eigenvalue weighted by Gasteiger charge is 2.23. The first-order valence-corrected chi connectivity index (χ1v) is 10.5. The topological polar surface area (TPSA) is 82.5 Å². The van der Waals surface area contributed by atoms with Crippen LogP contribution in [0.4, 0.5) is 4.39 Å². The highest BCUT2D eigenvalue weighted by Crippen LogP contribution is 2.19. The van der Waals surface area contributed by atoms with E-state index in [0.717, 1.165) is 24.2 Å². The Balaban J connectivity index is 1.66. The molecule has 0 unspecified atom stereocenters. The van der Waals surface area contributed by atoms with Crippen LogP contribution in [-0.4, -0.2) is 48.0 Å². The van der Waals surface area contributed by atoms with Gasteiger partial charge in [-0.2, -0.15) is 5.10 Å². The van der Waals surface area contributed by atoms with Crippen molar-refractivity contribution in [2.24, 2.45) is 0 Å². The molecular formula is C22H28FN3O4. The van der Waals surface area contributed by atoms with Crippen LogP contribution in [0.2, 0.25) is 0 Å². The lowest BCUT2D eigenvalue weighted by Gasteiger charge is -2.10. The molecule has 1 N–H and O–H groups in total. The third-order valence-electron chi connectivity index (χ3n) is 4.99. The van der Waals surface area contributed by atoms with Gasteiger partial charge in [-0.25, -0.2) is 9.18 Å². The largest absolute Gasteiger partial charge is 0.462 e. The molecule has 0 saturated carbocycles. The van der Waals surface area contributed by atoms with Gasteiger partial charge in [0.05, 0.1) is 29.1 Å². The average molecular weight is 417 g/mol. The molecule has 1 aliphatic heterocycles. The summed E-state index contributed by atoms with van der Waals surface area (Å²) in [5.41, 5.74) is 2.24. The molecule has 0 atom stereocenters. The Labute approximate surface area is 175 Å². The molecule has 8 heteroatoms. The summed E-state index contributed by atoms with van der Waals surface area (Å²) in [6, 6.07) is 5.74. The third kappa shape index (κ3) is 5.44. The van der Waals surface area contributed by atoms with E-state index in [1.165, 1.54) is 18.2 Å². The Morgan fingerprint density at radius 1 is 1.30 bits per heavy atom. The van der Waals surface area contributed by atoms with Gasteiger partial charge >= 0.3 is 5.97 Å².